The first-order valence-corrected chi connectivity index (χ1v) is 8.04. The first-order valence-electron chi connectivity index (χ1n) is 8.04. The van der Waals surface area contributed by atoms with E-state index in [4.69, 9.17) is 4.74 Å². The van der Waals surface area contributed by atoms with Crippen molar-refractivity contribution < 1.29 is 9.53 Å². The monoisotopic (exact) mass is 309 g/mol. The lowest BCUT2D eigenvalue weighted by molar-refractivity contribution is -0.156. The minimum Gasteiger partial charge on any atom is -0.456 e. The maximum absolute atomic E-state index is 12.9. The lowest BCUT2D eigenvalue weighted by atomic mass is 10.1. The number of carbonyl (C=O) groups excluding carboxylic acids is 1. The summed E-state index contributed by atoms with van der Waals surface area (Å²) in [6.07, 6.45) is 0.571. The van der Waals surface area contributed by atoms with Crippen LogP contribution in [0.15, 0.2) is 60.7 Å². The maximum Gasteiger partial charge on any atom is 0.327 e. The zero-order valence-electron chi connectivity index (χ0n) is 13.9. The highest BCUT2D eigenvalue weighted by molar-refractivity contribution is 5.87. The van der Waals surface area contributed by atoms with Crippen molar-refractivity contribution in [3.8, 4) is 0 Å². The summed E-state index contributed by atoms with van der Waals surface area (Å²) >= 11 is 0. The van der Waals surface area contributed by atoms with E-state index >= 15 is 0 Å². The van der Waals surface area contributed by atoms with Gasteiger partial charge in [-0.2, -0.15) is 0 Å². The van der Waals surface area contributed by atoms with Crippen molar-refractivity contribution in [3.63, 3.8) is 0 Å². The molecule has 1 saturated carbocycles. The molecule has 120 valence electrons. The average molecular weight is 309 g/mol. The van der Waals surface area contributed by atoms with Crippen LogP contribution in [0.2, 0.25) is 0 Å². The van der Waals surface area contributed by atoms with Gasteiger partial charge in [-0.1, -0.05) is 60.7 Å². The van der Waals surface area contributed by atoms with E-state index in [9.17, 15) is 4.79 Å². The summed E-state index contributed by atoms with van der Waals surface area (Å²) in [5.74, 6) is 0.0712. The summed E-state index contributed by atoms with van der Waals surface area (Å²) in [6, 6.07) is 20.1. The Labute approximate surface area is 137 Å². The van der Waals surface area contributed by atoms with Crippen molar-refractivity contribution in [1.82, 2.24) is 4.90 Å². The van der Waals surface area contributed by atoms with Gasteiger partial charge in [-0.05, 0) is 38.6 Å². The zero-order chi connectivity index (χ0) is 16.4. The van der Waals surface area contributed by atoms with Gasteiger partial charge >= 0.3 is 5.97 Å². The van der Waals surface area contributed by atoms with E-state index in [2.05, 4.69) is 12.1 Å². The summed E-state index contributed by atoms with van der Waals surface area (Å²) in [7, 11) is 3.91. The first kappa shape index (κ1) is 15.8. The number of hydrogen-bond donors (Lipinski definition) is 0. The number of nitrogens with zero attached hydrogens (tertiary/aromatic N) is 1. The molecule has 2 aromatic carbocycles. The van der Waals surface area contributed by atoms with Crippen LogP contribution in [0.5, 0.6) is 0 Å². The predicted molar refractivity (Wildman–Crippen MR) is 91.2 cm³/mol. The highest BCUT2D eigenvalue weighted by Gasteiger charge is 2.63. The highest BCUT2D eigenvalue weighted by atomic mass is 16.5. The third kappa shape index (κ3) is 2.89. The van der Waals surface area contributed by atoms with Crippen molar-refractivity contribution in [3.05, 3.63) is 71.8 Å². The van der Waals surface area contributed by atoms with Crippen LogP contribution in [0.25, 0.3) is 0 Å². The number of hydrogen-bond acceptors (Lipinski definition) is 3. The van der Waals surface area contributed by atoms with E-state index in [1.165, 1.54) is 5.56 Å². The fourth-order valence-electron chi connectivity index (χ4n) is 3.29. The van der Waals surface area contributed by atoms with Crippen LogP contribution in [-0.2, 0) is 9.53 Å². The number of carbonyl (C=O) groups is 1. The van der Waals surface area contributed by atoms with Gasteiger partial charge in [-0.25, -0.2) is 4.79 Å². The molecule has 1 aliphatic rings. The van der Waals surface area contributed by atoms with Gasteiger partial charge in [0.15, 0.2) is 0 Å². The molecule has 0 bridgehead atoms. The zero-order valence-corrected chi connectivity index (χ0v) is 13.9. The number of esters is 1. The molecule has 3 nitrogen and oxygen atoms in total. The summed E-state index contributed by atoms with van der Waals surface area (Å²) in [6.45, 7) is 1.93. The van der Waals surface area contributed by atoms with Crippen molar-refractivity contribution in [2.45, 2.75) is 30.9 Å². The number of benzene rings is 2. The van der Waals surface area contributed by atoms with E-state index in [-0.39, 0.29) is 18.0 Å². The van der Waals surface area contributed by atoms with E-state index < -0.39 is 5.54 Å². The lowest BCUT2D eigenvalue weighted by Crippen LogP contribution is -2.41. The Morgan fingerprint density at radius 2 is 1.65 bits per heavy atom. The molecular formula is C20H23NO2. The Morgan fingerprint density at radius 3 is 2.22 bits per heavy atom. The van der Waals surface area contributed by atoms with Crippen LogP contribution in [0, 0.1) is 0 Å². The van der Waals surface area contributed by atoms with Gasteiger partial charge in [0.1, 0.15) is 11.6 Å². The normalized spacial score (nSPS) is 24.3. The average Bonchev–Trinajstić information content (AvgIpc) is 3.33. The Kier molecular flexibility index (Phi) is 4.22. The van der Waals surface area contributed by atoms with Gasteiger partial charge in [0.25, 0.3) is 0 Å². The fraction of sp³-hybridized carbons (Fsp3) is 0.350. The maximum atomic E-state index is 12.9. The standard InChI is InChI=1S/C20H23NO2/c1-15(16-10-6-4-7-11-16)23-19(22)20(21(2)3)14-18(20)17-12-8-5-9-13-17/h4-13,15,18H,14H2,1-3H3/t15-,18-,20+/m1/s1. The van der Waals surface area contributed by atoms with E-state index in [1.54, 1.807) is 0 Å². The van der Waals surface area contributed by atoms with E-state index in [1.807, 2.05) is 74.4 Å². The van der Waals surface area contributed by atoms with E-state index in [0.29, 0.717) is 0 Å². The molecule has 0 spiro atoms. The minimum atomic E-state index is -0.537. The van der Waals surface area contributed by atoms with Crippen LogP contribution in [0.4, 0.5) is 0 Å². The van der Waals surface area contributed by atoms with Gasteiger partial charge in [-0.3, -0.25) is 4.90 Å². The molecule has 0 aliphatic heterocycles. The lowest BCUT2D eigenvalue weighted by Gasteiger charge is -2.26. The minimum absolute atomic E-state index is 0.132. The Bertz CT molecular complexity index is 669. The second kappa shape index (κ2) is 6.17. The largest absolute Gasteiger partial charge is 0.456 e. The number of ether oxygens (including phenoxy) is 1. The number of likely N-dealkylation sites (N-methyl/N-ethyl adjacent to an activating group) is 1. The molecular weight excluding hydrogens is 286 g/mol. The molecule has 0 N–H and O–H groups in total. The summed E-state index contributed by atoms with van der Waals surface area (Å²) in [4.78, 5) is 14.9. The van der Waals surface area contributed by atoms with Crippen molar-refractivity contribution >= 4 is 5.97 Å². The van der Waals surface area contributed by atoms with Gasteiger partial charge < -0.3 is 4.74 Å². The van der Waals surface area contributed by atoms with Crippen LogP contribution < -0.4 is 0 Å². The molecule has 3 rings (SSSR count). The van der Waals surface area contributed by atoms with Crippen LogP contribution in [0.1, 0.15) is 36.5 Å². The molecule has 0 unspecified atom stereocenters. The second-order valence-corrected chi connectivity index (χ2v) is 6.44. The Morgan fingerprint density at radius 1 is 1.09 bits per heavy atom. The fourth-order valence-corrected chi connectivity index (χ4v) is 3.29. The number of rotatable bonds is 5. The third-order valence-electron chi connectivity index (χ3n) is 4.84. The third-order valence-corrected chi connectivity index (χ3v) is 4.84. The first-order chi connectivity index (χ1) is 11.1. The molecule has 0 heterocycles. The quantitative estimate of drug-likeness (QED) is 0.787. The van der Waals surface area contributed by atoms with E-state index in [0.717, 1.165) is 12.0 Å². The van der Waals surface area contributed by atoms with Crippen LogP contribution >= 0.6 is 0 Å². The summed E-state index contributed by atoms with van der Waals surface area (Å²) < 4.78 is 5.80. The van der Waals surface area contributed by atoms with Crippen LogP contribution in [0.3, 0.4) is 0 Å². The summed E-state index contributed by atoms with van der Waals surface area (Å²) in [5, 5.41) is 0. The molecule has 0 radical (unpaired) electrons. The van der Waals surface area contributed by atoms with Gasteiger partial charge in [0.05, 0.1) is 0 Å². The smallest absolute Gasteiger partial charge is 0.327 e. The molecule has 23 heavy (non-hydrogen) atoms. The molecule has 3 heteroatoms. The topological polar surface area (TPSA) is 29.5 Å². The molecule has 1 aliphatic carbocycles. The molecule has 0 amide bonds. The van der Waals surface area contributed by atoms with Gasteiger partial charge in [-0.15, -0.1) is 0 Å². The molecule has 0 saturated heterocycles. The van der Waals surface area contributed by atoms with Gasteiger partial charge in [0.2, 0.25) is 0 Å². The summed E-state index contributed by atoms with van der Waals surface area (Å²) in [5.41, 5.74) is 1.68. The second-order valence-electron chi connectivity index (χ2n) is 6.44. The molecule has 2 aromatic rings. The molecule has 3 atom stereocenters. The SMILES string of the molecule is C[C@@H](OC(=O)[C@]1(N(C)C)C[C@@H]1c1ccccc1)c1ccccc1. The Balaban J connectivity index is 1.77. The Hall–Kier alpha value is -2.13. The van der Waals surface area contributed by atoms with Crippen molar-refractivity contribution in [1.29, 1.82) is 0 Å². The van der Waals surface area contributed by atoms with Crippen LogP contribution in [-0.4, -0.2) is 30.5 Å². The van der Waals surface area contributed by atoms with Crippen molar-refractivity contribution in [2.75, 3.05) is 14.1 Å². The van der Waals surface area contributed by atoms with Crippen molar-refractivity contribution in [2.24, 2.45) is 0 Å². The van der Waals surface area contributed by atoms with Gasteiger partial charge in [0, 0.05) is 5.92 Å². The molecule has 1 fully saturated rings. The predicted octanol–water partition coefficient (Wildman–Crippen LogP) is 3.78. The highest BCUT2D eigenvalue weighted by Crippen LogP contribution is 2.55. The molecule has 0 aromatic heterocycles.